The lowest BCUT2D eigenvalue weighted by molar-refractivity contribution is -0.132. The maximum Gasteiger partial charge on any atom is 0.246 e. The Kier molecular flexibility index (Phi) is 6.84. The SMILES string of the molecule is Cc1ccc(-c2noc(CN(C(=O)CSc3ccccc3)C3CCCCC3)n2)cc1. The highest BCUT2D eigenvalue weighted by atomic mass is 32.2. The Balaban J connectivity index is 1.47. The second-order valence-corrected chi connectivity index (χ2v) is 8.84. The summed E-state index contributed by atoms with van der Waals surface area (Å²) >= 11 is 1.58. The number of rotatable bonds is 7. The van der Waals surface area contributed by atoms with Gasteiger partial charge in [0.25, 0.3) is 0 Å². The number of aryl methyl sites for hydroxylation is 1. The van der Waals surface area contributed by atoms with Gasteiger partial charge in [-0.05, 0) is 31.9 Å². The van der Waals surface area contributed by atoms with Crippen molar-refractivity contribution in [3.8, 4) is 11.4 Å². The van der Waals surface area contributed by atoms with Gasteiger partial charge < -0.3 is 9.42 Å². The Bertz CT molecular complexity index is 950. The molecule has 0 saturated heterocycles. The molecule has 5 nitrogen and oxygen atoms in total. The van der Waals surface area contributed by atoms with E-state index in [1.54, 1.807) is 11.8 Å². The molecule has 0 N–H and O–H groups in total. The van der Waals surface area contributed by atoms with Crippen LogP contribution < -0.4 is 0 Å². The third kappa shape index (κ3) is 5.30. The van der Waals surface area contributed by atoms with Gasteiger partial charge in [-0.2, -0.15) is 4.98 Å². The minimum Gasteiger partial charge on any atom is -0.337 e. The van der Waals surface area contributed by atoms with Gasteiger partial charge in [-0.25, -0.2) is 0 Å². The number of nitrogens with zero attached hydrogens (tertiary/aromatic N) is 3. The van der Waals surface area contributed by atoms with Crippen LogP contribution in [0, 0.1) is 6.92 Å². The first-order chi connectivity index (χ1) is 14.7. The number of aromatic nitrogens is 2. The molecule has 1 aliphatic carbocycles. The topological polar surface area (TPSA) is 59.2 Å². The molecule has 1 fully saturated rings. The lowest BCUT2D eigenvalue weighted by Crippen LogP contribution is -2.42. The summed E-state index contributed by atoms with van der Waals surface area (Å²) in [5, 5.41) is 4.14. The Labute approximate surface area is 181 Å². The molecule has 1 saturated carbocycles. The van der Waals surface area contributed by atoms with Gasteiger partial charge in [-0.1, -0.05) is 72.4 Å². The molecule has 1 aliphatic rings. The first-order valence-corrected chi connectivity index (χ1v) is 11.5. The molecule has 4 rings (SSSR count). The fourth-order valence-electron chi connectivity index (χ4n) is 3.84. The van der Waals surface area contributed by atoms with Crippen LogP contribution >= 0.6 is 11.8 Å². The smallest absolute Gasteiger partial charge is 0.246 e. The van der Waals surface area contributed by atoms with E-state index in [-0.39, 0.29) is 11.9 Å². The highest BCUT2D eigenvalue weighted by molar-refractivity contribution is 8.00. The number of thioether (sulfide) groups is 1. The third-order valence-electron chi connectivity index (χ3n) is 5.52. The molecule has 1 amide bonds. The zero-order valence-corrected chi connectivity index (χ0v) is 18.1. The molecule has 0 unspecified atom stereocenters. The quantitative estimate of drug-likeness (QED) is 0.472. The third-order valence-corrected chi connectivity index (χ3v) is 6.52. The normalized spacial score (nSPS) is 14.6. The van der Waals surface area contributed by atoms with Gasteiger partial charge in [-0.15, -0.1) is 11.8 Å². The standard InChI is InChI=1S/C24H27N3O2S/c1-18-12-14-19(15-13-18)24-25-22(29-26-24)16-27(20-8-4-2-5-9-20)23(28)17-30-21-10-6-3-7-11-21/h3,6-7,10-15,20H,2,4-5,8-9,16-17H2,1H3. The van der Waals surface area contributed by atoms with Crippen LogP contribution in [0.3, 0.4) is 0 Å². The minimum absolute atomic E-state index is 0.130. The van der Waals surface area contributed by atoms with Crippen molar-refractivity contribution in [2.45, 2.75) is 56.5 Å². The van der Waals surface area contributed by atoms with Crippen LogP contribution in [0.15, 0.2) is 64.0 Å². The number of hydrogen-bond donors (Lipinski definition) is 0. The number of benzene rings is 2. The number of carbonyl (C=O) groups is 1. The molecule has 156 valence electrons. The largest absolute Gasteiger partial charge is 0.337 e. The highest BCUT2D eigenvalue weighted by Crippen LogP contribution is 2.26. The first kappa shape index (κ1) is 20.7. The summed E-state index contributed by atoms with van der Waals surface area (Å²) in [6.07, 6.45) is 5.66. The summed E-state index contributed by atoms with van der Waals surface area (Å²) in [5.74, 6) is 1.61. The van der Waals surface area contributed by atoms with E-state index in [0.29, 0.717) is 24.0 Å². The molecule has 30 heavy (non-hydrogen) atoms. The van der Waals surface area contributed by atoms with E-state index in [4.69, 9.17) is 4.52 Å². The average molecular weight is 422 g/mol. The predicted molar refractivity (Wildman–Crippen MR) is 119 cm³/mol. The zero-order chi connectivity index (χ0) is 20.8. The second-order valence-electron chi connectivity index (χ2n) is 7.79. The molecule has 0 radical (unpaired) electrons. The molecule has 1 aromatic heterocycles. The van der Waals surface area contributed by atoms with Gasteiger partial charge in [0.2, 0.25) is 17.6 Å². The lowest BCUT2D eigenvalue weighted by atomic mass is 9.94. The second kappa shape index (κ2) is 9.94. The molecule has 2 aromatic carbocycles. The highest BCUT2D eigenvalue weighted by Gasteiger charge is 2.27. The monoisotopic (exact) mass is 421 g/mol. The summed E-state index contributed by atoms with van der Waals surface area (Å²) in [7, 11) is 0. The van der Waals surface area contributed by atoms with Crippen molar-refractivity contribution in [3.63, 3.8) is 0 Å². The van der Waals surface area contributed by atoms with Gasteiger partial charge in [-0.3, -0.25) is 4.79 Å². The summed E-state index contributed by atoms with van der Waals surface area (Å²) < 4.78 is 5.52. The summed E-state index contributed by atoms with van der Waals surface area (Å²) in [6.45, 7) is 2.42. The van der Waals surface area contributed by atoms with Crippen LogP contribution in [0.25, 0.3) is 11.4 Å². The van der Waals surface area contributed by atoms with E-state index >= 15 is 0 Å². The van der Waals surface area contributed by atoms with Gasteiger partial charge in [0.05, 0.1) is 5.75 Å². The molecule has 0 atom stereocenters. The van der Waals surface area contributed by atoms with Crippen molar-refractivity contribution >= 4 is 17.7 Å². The van der Waals surface area contributed by atoms with Crippen molar-refractivity contribution in [2.75, 3.05) is 5.75 Å². The van der Waals surface area contributed by atoms with Crippen molar-refractivity contribution < 1.29 is 9.32 Å². The van der Waals surface area contributed by atoms with Crippen LogP contribution in [-0.2, 0) is 11.3 Å². The first-order valence-electron chi connectivity index (χ1n) is 10.6. The lowest BCUT2D eigenvalue weighted by Gasteiger charge is -2.33. The fraction of sp³-hybridized carbons (Fsp3) is 0.375. The van der Waals surface area contributed by atoms with E-state index in [1.807, 2.05) is 66.4 Å². The molecule has 0 aliphatic heterocycles. The van der Waals surface area contributed by atoms with Gasteiger partial charge >= 0.3 is 0 Å². The molecule has 1 heterocycles. The van der Waals surface area contributed by atoms with Gasteiger partial charge in [0, 0.05) is 16.5 Å². The zero-order valence-electron chi connectivity index (χ0n) is 17.3. The maximum absolute atomic E-state index is 13.1. The van der Waals surface area contributed by atoms with Crippen molar-refractivity contribution in [1.29, 1.82) is 0 Å². The van der Waals surface area contributed by atoms with Crippen LogP contribution in [0.5, 0.6) is 0 Å². The minimum atomic E-state index is 0.130. The Morgan fingerprint density at radius 2 is 1.80 bits per heavy atom. The van der Waals surface area contributed by atoms with E-state index in [2.05, 4.69) is 10.1 Å². The van der Waals surface area contributed by atoms with E-state index in [0.717, 1.165) is 23.3 Å². The number of amides is 1. The van der Waals surface area contributed by atoms with Crippen LogP contribution in [0.2, 0.25) is 0 Å². The van der Waals surface area contributed by atoms with E-state index < -0.39 is 0 Å². The predicted octanol–water partition coefficient (Wildman–Crippen LogP) is 5.50. The Morgan fingerprint density at radius 1 is 1.07 bits per heavy atom. The average Bonchev–Trinajstić information content (AvgIpc) is 3.26. The van der Waals surface area contributed by atoms with Crippen LogP contribution in [0.1, 0.15) is 43.6 Å². The van der Waals surface area contributed by atoms with Crippen LogP contribution in [0.4, 0.5) is 0 Å². The number of hydrogen-bond acceptors (Lipinski definition) is 5. The van der Waals surface area contributed by atoms with Crippen molar-refractivity contribution in [2.24, 2.45) is 0 Å². The Hall–Kier alpha value is -2.60. The molecule has 6 heteroatoms. The molecular weight excluding hydrogens is 394 g/mol. The summed E-state index contributed by atoms with van der Waals surface area (Å²) in [5.41, 5.74) is 2.11. The summed E-state index contributed by atoms with van der Waals surface area (Å²) in [4.78, 5) is 20.8. The number of carbonyl (C=O) groups excluding carboxylic acids is 1. The van der Waals surface area contributed by atoms with Gasteiger partial charge in [0.1, 0.15) is 6.54 Å². The fourth-order valence-corrected chi connectivity index (χ4v) is 4.65. The molecular formula is C24H27N3O2S. The van der Waals surface area contributed by atoms with Gasteiger partial charge in [0.15, 0.2) is 0 Å². The van der Waals surface area contributed by atoms with Crippen molar-refractivity contribution in [1.82, 2.24) is 15.0 Å². The molecule has 0 spiro atoms. The van der Waals surface area contributed by atoms with E-state index in [1.165, 1.54) is 24.8 Å². The maximum atomic E-state index is 13.1. The molecule has 0 bridgehead atoms. The Morgan fingerprint density at radius 3 is 2.53 bits per heavy atom. The summed E-state index contributed by atoms with van der Waals surface area (Å²) in [6, 6.07) is 18.3. The van der Waals surface area contributed by atoms with Crippen LogP contribution in [-0.4, -0.2) is 32.7 Å². The van der Waals surface area contributed by atoms with Crippen molar-refractivity contribution in [3.05, 3.63) is 66.1 Å². The van der Waals surface area contributed by atoms with E-state index in [9.17, 15) is 4.79 Å². The molecule has 3 aromatic rings.